The van der Waals surface area contributed by atoms with Gasteiger partial charge in [0.25, 0.3) is 0 Å². The van der Waals surface area contributed by atoms with Crippen LogP contribution in [0.5, 0.6) is 0 Å². The van der Waals surface area contributed by atoms with Crippen molar-refractivity contribution in [2.45, 2.75) is 65.3 Å². The van der Waals surface area contributed by atoms with Gasteiger partial charge in [0.1, 0.15) is 17.7 Å². The van der Waals surface area contributed by atoms with Crippen molar-refractivity contribution in [1.82, 2.24) is 5.32 Å². The summed E-state index contributed by atoms with van der Waals surface area (Å²) < 4.78 is 5.54. The number of carbonyl (C=O) groups is 1. The van der Waals surface area contributed by atoms with Crippen molar-refractivity contribution in [2.75, 3.05) is 0 Å². The molecule has 6 heteroatoms. The second-order valence-corrected chi connectivity index (χ2v) is 8.73. The number of nitrogens with zero attached hydrogens (tertiary/aromatic N) is 1. The van der Waals surface area contributed by atoms with Gasteiger partial charge in [-0.1, -0.05) is 51.1 Å². The second kappa shape index (κ2) is 6.75. The normalized spacial score (nSPS) is 27.1. The molecule has 1 heterocycles. The molecule has 0 bridgehead atoms. The summed E-state index contributed by atoms with van der Waals surface area (Å²) in [4.78, 5) is 24.4. The highest BCUT2D eigenvalue weighted by molar-refractivity contribution is 5.77. The Bertz CT molecular complexity index is 631. The van der Waals surface area contributed by atoms with E-state index >= 15 is 0 Å². The molecule has 1 fully saturated rings. The Balaban J connectivity index is 2.45. The van der Waals surface area contributed by atoms with Gasteiger partial charge in [0.2, 0.25) is 6.04 Å². The first kappa shape index (κ1) is 19.4. The summed E-state index contributed by atoms with van der Waals surface area (Å²) >= 11 is 0. The number of rotatable bonds is 3. The van der Waals surface area contributed by atoms with Crippen LogP contribution in [0.4, 0.5) is 0 Å². The maximum atomic E-state index is 12.8. The molecule has 1 aliphatic heterocycles. The van der Waals surface area contributed by atoms with E-state index in [0.717, 1.165) is 5.56 Å². The van der Waals surface area contributed by atoms with Crippen LogP contribution in [-0.4, -0.2) is 28.6 Å². The van der Waals surface area contributed by atoms with Gasteiger partial charge in [-0.15, -0.1) is 0 Å². The summed E-state index contributed by atoms with van der Waals surface area (Å²) in [6, 6.07) is 7.11. The van der Waals surface area contributed by atoms with Crippen LogP contribution in [0.2, 0.25) is 0 Å². The summed E-state index contributed by atoms with van der Waals surface area (Å²) in [5.74, 6) is -0.916. The van der Waals surface area contributed by atoms with Gasteiger partial charge < -0.3 is 4.74 Å². The van der Waals surface area contributed by atoms with Gasteiger partial charge in [0, 0.05) is 4.92 Å². The third kappa shape index (κ3) is 4.37. The largest absolute Gasteiger partial charge is 0.459 e. The van der Waals surface area contributed by atoms with Crippen molar-refractivity contribution in [3.05, 3.63) is 46.0 Å². The molecule has 1 N–H and O–H groups in total. The zero-order chi connectivity index (χ0) is 19.0. The molecule has 0 unspecified atom stereocenters. The molecule has 0 aliphatic carbocycles. The molecule has 0 spiro atoms. The fourth-order valence-corrected chi connectivity index (χ4v) is 3.60. The molecule has 0 aromatic heterocycles. The molecule has 4 atom stereocenters. The Hall–Kier alpha value is -1.95. The van der Waals surface area contributed by atoms with Crippen LogP contribution < -0.4 is 5.32 Å². The molecule has 6 nitrogen and oxygen atoms in total. The van der Waals surface area contributed by atoms with E-state index in [-0.39, 0.29) is 4.92 Å². The Kier molecular flexibility index (Phi) is 5.23. The molecule has 25 heavy (non-hydrogen) atoms. The highest BCUT2D eigenvalue weighted by Gasteiger charge is 2.58. The number of nitro groups is 1. The zero-order valence-corrected chi connectivity index (χ0v) is 15.8. The van der Waals surface area contributed by atoms with Gasteiger partial charge in [-0.3, -0.25) is 20.2 Å². The number of esters is 1. The van der Waals surface area contributed by atoms with Crippen LogP contribution in [0.15, 0.2) is 30.3 Å². The minimum absolute atomic E-state index is 0.259. The van der Waals surface area contributed by atoms with E-state index < -0.39 is 41.0 Å². The monoisotopic (exact) mass is 348 g/mol. The molecule has 0 amide bonds. The quantitative estimate of drug-likeness (QED) is 0.515. The van der Waals surface area contributed by atoms with E-state index in [0.29, 0.717) is 0 Å². The third-order valence-electron chi connectivity index (χ3n) is 4.49. The van der Waals surface area contributed by atoms with Gasteiger partial charge in [-0.2, -0.15) is 0 Å². The van der Waals surface area contributed by atoms with E-state index in [1.54, 1.807) is 20.8 Å². The maximum absolute atomic E-state index is 12.8. The molecule has 0 radical (unpaired) electrons. The lowest BCUT2D eigenvalue weighted by Gasteiger charge is -2.32. The van der Waals surface area contributed by atoms with Gasteiger partial charge in [-0.05, 0) is 31.7 Å². The fourth-order valence-electron chi connectivity index (χ4n) is 3.60. The van der Waals surface area contributed by atoms with E-state index in [2.05, 4.69) is 5.32 Å². The Morgan fingerprint density at radius 3 is 2.12 bits per heavy atom. The zero-order valence-electron chi connectivity index (χ0n) is 15.8. The van der Waals surface area contributed by atoms with E-state index in [9.17, 15) is 14.9 Å². The smallest absolute Gasteiger partial charge is 0.324 e. The van der Waals surface area contributed by atoms with Gasteiger partial charge in [0.15, 0.2) is 0 Å². The number of nitrogens with one attached hydrogen (secondary N) is 1. The molecule has 1 aliphatic rings. The van der Waals surface area contributed by atoms with Crippen LogP contribution in [0.25, 0.3) is 0 Å². The Morgan fingerprint density at radius 1 is 1.12 bits per heavy atom. The van der Waals surface area contributed by atoms with E-state index in [1.807, 2.05) is 51.1 Å². The second-order valence-electron chi connectivity index (χ2n) is 8.73. The maximum Gasteiger partial charge on any atom is 0.324 e. The Morgan fingerprint density at radius 2 is 1.68 bits per heavy atom. The van der Waals surface area contributed by atoms with Crippen molar-refractivity contribution >= 4 is 5.97 Å². The number of hydrogen-bond donors (Lipinski definition) is 1. The minimum atomic E-state index is -0.903. The van der Waals surface area contributed by atoms with Crippen LogP contribution in [0, 0.1) is 21.4 Å². The summed E-state index contributed by atoms with van der Waals surface area (Å²) in [6.45, 7) is 11.2. The van der Waals surface area contributed by atoms with Crippen LogP contribution in [0.1, 0.15) is 53.1 Å². The average Bonchev–Trinajstić information content (AvgIpc) is 2.87. The van der Waals surface area contributed by atoms with Crippen molar-refractivity contribution in [1.29, 1.82) is 0 Å². The standard InChI is InChI=1S/C19H28N2O4/c1-18(2,3)13-15(17(22)25-19(4,5)6)20-14(16(13)21(23)24)12-10-8-7-9-11-12/h7-11,13-16,20H,1-6H3/t13-,14+,15+,16+/m1/s1. The first-order chi connectivity index (χ1) is 11.4. The summed E-state index contributed by atoms with van der Waals surface area (Å²) in [5, 5.41) is 15.1. The molecule has 0 saturated carbocycles. The molecule has 2 rings (SSSR count). The van der Waals surface area contributed by atoms with Crippen LogP contribution in [-0.2, 0) is 9.53 Å². The first-order valence-electron chi connectivity index (χ1n) is 8.59. The number of carbonyl (C=O) groups excluding carboxylic acids is 1. The van der Waals surface area contributed by atoms with Gasteiger partial charge in [0.05, 0.1) is 5.92 Å². The third-order valence-corrected chi connectivity index (χ3v) is 4.49. The van der Waals surface area contributed by atoms with Crippen molar-refractivity contribution in [2.24, 2.45) is 11.3 Å². The van der Waals surface area contributed by atoms with E-state index in [1.165, 1.54) is 0 Å². The van der Waals surface area contributed by atoms with Crippen molar-refractivity contribution in [3.8, 4) is 0 Å². The lowest BCUT2D eigenvalue weighted by molar-refractivity contribution is -0.535. The molecule has 1 aromatic rings. The molecule has 1 aromatic carbocycles. The topological polar surface area (TPSA) is 81.5 Å². The summed E-state index contributed by atoms with van der Waals surface area (Å²) in [7, 11) is 0. The number of ether oxygens (including phenoxy) is 1. The highest BCUT2D eigenvalue weighted by atomic mass is 16.6. The predicted molar refractivity (Wildman–Crippen MR) is 95.7 cm³/mol. The molecular weight excluding hydrogens is 320 g/mol. The van der Waals surface area contributed by atoms with Gasteiger partial charge >= 0.3 is 5.97 Å². The summed E-state index contributed by atoms with van der Waals surface area (Å²) in [5.41, 5.74) is -0.268. The van der Waals surface area contributed by atoms with E-state index in [4.69, 9.17) is 4.74 Å². The summed E-state index contributed by atoms with van der Waals surface area (Å²) in [6.07, 6.45) is 0. The average molecular weight is 348 g/mol. The van der Waals surface area contributed by atoms with Crippen LogP contribution >= 0.6 is 0 Å². The van der Waals surface area contributed by atoms with Crippen molar-refractivity contribution < 1.29 is 14.5 Å². The Labute approximate surface area is 149 Å². The first-order valence-corrected chi connectivity index (χ1v) is 8.59. The van der Waals surface area contributed by atoms with Crippen LogP contribution in [0.3, 0.4) is 0 Å². The SMILES string of the molecule is CC(C)(C)OC(=O)[C@H]1N[C@@H](c2ccccc2)[C@@H]([N+](=O)[O-])[C@@H]1C(C)(C)C. The molecule has 1 saturated heterocycles. The molecule has 138 valence electrons. The van der Waals surface area contributed by atoms with Gasteiger partial charge in [-0.25, -0.2) is 0 Å². The highest BCUT2D eigenvalue weighted by Crippen LogP contribution is 2.43. The molecular formula is C19H28N2O4. The predicted octanol–water partition coefficient (Wildman–Crippen LogP) is 3.35. The van der Waals surface area contributed by atoms with Crippen molar-refractivity contribution in [3.63, 3.8) is 0 Å². The lowest BCUT2D eigenvalue weighted by Crippen LogP contribution is -2.46. The fraction of sp³-hybridized carbons (Fsp3) is 0.632. The minimum Gasteiger partial charge on any atom is -0.459 e. The number of benzene rings is 1. The lowest BCUT2D eigenvalue weighted by atomic mass is 9.73. The number of hydrogen-bond acceptors (Lipinski definition) is 5.